The van der Waals surface area contributed by atoms with Crippen LogP contribution >= 0.6 is 0 Å². The van der Waals surface area contributed by atoms with Crippen molar-refractivity contribution in [3.05, 3.63) is 152 Å². The second-order valence-electron chi connectivity index (χ2n) is 10.8. The Kier molecular flexibility index (Phi) is 5.16. The maximum atomic E-state index is 6.46. The molecular weight excluding hydrogens is 526 g/mol. The maximum Gasteiger partial charge on any atom is 0.181 e. The van der Waals surface area contributed by atoms with Crippen LogP contribution in [0.1, 0.15) is 0 Å². The Bertz CT molecular complexity index is 2470. The maximum absolute atomic E-state index is 6.46. The molecule has 6 aromatic carbocycles. The summed E-state index contributed by atoms with van der Waals surface area (Å²) in [5, 5.41) is 7.15. The van der Waals surface area contributed by atoms with E-state index in [2.05, 4.69) is 125 Å². The highest BCUT2D eigenvalue weighted by molar-refractivity contribution is 6.21. The van der Waals surface area contributed by atoms with Crippen LogP contribution < -0.4 is 4.90 Å². The molecule has 4 nitrogen and oxygen atoms in total. The van der Waals surface area contributed by atoms with Gasteiger partial charge in [-0.1, -0.05) is 91.0 Å². The second-order valence-corrected chi connectivity index (χ2v) is 10.8. The minimum absolute atomic E-state index is 0.755. The molecule has 0 radical (unpaired) electrons. The number of para-hydroxylation sites is 3. The minimum Gasteiger partial charge on any atom is -0.452 e. The highest BCUT2D eigenvalue weighted by atomic mass is 16.3. The van der Waals surface area contributed by atoms with Crippen molar-refractivity contribution < 1.29 is 4.42 Å². The number of aromatic nitrogens is 2. The molecule has 9 aromatic rings. The van der Waals surface area contributed by atoms with Crippen molar-refractivity contribution in [3.8, 4) is 5.69 Å². The van der Waals surface area contributed by atoms with Gasteiger partial charge in [0.2, 0.25) is 0 Å². The summed E-state index contributed by atoms with van der Waals surface area (Å²) in [6.45, 7) is 0. The van der Waals surface area contributed by atoms with Crippen LogP contribution in [-0.2, 0) is 0 Å². The predicted molar refractivity (Wildman–Crippen MR) is 178 cm³/mol. The number of anilines is 3. The summed E-state index contributed by atoms with van der Waals surface area (Å²) in [5.41, 5.74) is 7.06. The number of nitrogens with zero attached hydrogens (tertiary/aromatic N) is 3. The Morgan fingerprint density at radius 3 is 2.19 bits per heavy atom. The molecule has 4 heteroatoms. The quantitative estimate of drug-likeness (QED) is 0.218. The van der Waals surface area contributed by atoms with Crippen LogP contribution in [0.4, 0.5) is 17.2 Å². The van der Waals surface area contributed by atoms with Crippen LogP contribution in [0.25, 0.3) is 60.2 Å². The topological polar surface area (TPSA) is 34.2 Å². The Hall–Kier alpha value is -5.87. The van der Waals surface area contributed by atoms with Gasteiger partial charge in [-0.05, 0) is 65.4 Å². The third-order valence-corrected chi connectivity index (χ3v) is 8.41. The van der Waals surface area contributed by atoms with Crippen molar-refractivity contribution in [2.45, 2.75) is 0 Å². The lowest BCUT2D eigenvalue weighted by molar-refractivity contribution is 0.667. The Labute approximate surface area is 247 Å². The van der Waals surface area contributed by atoms with E-state index in [-0.39, 0.29) is 0 Å². The molecule has 0 saturated carbocycles. The lowest BCUT2D eigenvalue weighted by atomic mass is 10.0. The Morgan fingerprint density at radius 1 is 0.535 bits per heavy atom. The zero-order chi connectivity index (χ0) is 28.3. The third-order valence-electron chi connectivity index (χ3n) is 8.41. The molecule has 0 spiro atoms. The van der Waals surface area contributed by atoms with Gasteiger partial charge < -0.3 is 8.98 Å². The lowest BCUT2D eigenvalue weighted by Crippen LogP contribution is -2.12. The summed E-state index contributed by atoms with van der Waals surface area (Å²) in [7, 11) is 0. The fourth-order valence-corrected chi connectivity index (χ4v) is 6.56. The molecule has 0 bridgehead atoms. The van der Waals surface area contributed by atoms with E-state index < -0.39 is 0 Å². The first-order valence-electron chi connectivity index (χ1n) is 14.5. The third kappa shape index (κ3) is 3.60. The monoisotopic (exact) mass is 551 g/mol. The molecule has 9 rings (SSSR count). The van der Waals surface area contributed by atoms with Crippen LogP contribution in [0.5, 0.6) is 0 Å². The largest absolute Gasteiger partial charge is 0.452 e. The number of benzene rings is 6. The highest BCUT2D eigenvalue weighted by Gasteiger charge is 2.22. The predicted octanol–water partition coefficient (Wildman–Crippen LogP) is 10.7. The molecule has 3 heterocycles. The van der Waals surface area contributed by atoms with Gasteiger partial charge in [0, 0.05) is 44.8 Å². The lowest BCUT2D eigenvalue weighted by Gasteiger charge is -2.25. The van der Waals surface area contributed by atoms with Crippen LogP contribution in [0.3, 0.4) is 0 Å². The van der Waals surface area contributed by atoms with E-state index in [1.54, 1.807) is 0 Å². The normalized spacial score (nSPS) is 11.7. The molecule has 3 aromatic heterocycles. The first-order valence-corrected chi connectivity index (χ1v) is 14.5. The molecule has 0 fully saturated rings. The minimum atomic E-state index is 0.755. The van der Waals surface area contributed by atoms with Crippen LogP contribution in [-0.4, -0.2) is 9.55 Å². The van der Waals surface area contributed by atoms with E-state index in [0.717, 1.165) is 44.8 Å². The SMILES string of the molecule is c1ccc(N(c2cccc(-n3c4ccccc4c4c5ccccc5ccc43)c2)c2nccc3c2oc2ccccc23)cc1. The summed E-state index contributed by atoms with van der Waals surface area (Å²) in [5.74, 6) is 0.755. The van der Waals surface area contributed by atoms with Crippen LogP contribution in [0, 0.1) is 0 Å². The van der Waals surface area contributed by atoms with E-state index in [1.807, 2.05) is 36.5 Å². The molecule has 0 aliphatic carbocycles. The number of fused-ring (bicyclic) bond motifs is 8. The van der Waals surface area contributed by atoms with Crippen LogP contribution in [0.2, 0.25) is 0 Å². The number of hydrogen-bond acceptors (Lipinski definition) is 3. The molecule has 0 amide bonds. The molecule has 0 unspecified atom stereocenters. The molecule has 43 heavy (non-hydrogen) atoms. The van der Waals surface area contributed by atoms with Crippen molar-refractivity contribution in [2.75, 3.05) is 4.90 Å². The highest BCUT2D eigenvalue weighted by Crippen LogP contribution is 2.42. The van der Waals surface area contributed by atoms with Crippen molar-refractivity contribution in [2.24, 2.45) is 0 Å². The van der Waals surface area contributed by atoms with Gasteiger partial charge in [-0.25, -0.2) is 4.98 Å². The standard InChI is InChI=1S/C39H25N3O/c1-2-12-27(13-3-1)41(39-38-32(23-24-40-39)31-17-7-9-20-36(31)43-38)28-14-10-15-29(25-28)42-34-19-8-6-18-33(34)37-30-16-5-4-11-26(30)21-22-35(37)42/h1-25H. The van der Waals surface area contributed by atoms with E-state index in [9.17, 15) is 0 Å². The van der Waals surface area contributed by atoms with Crippen molar-refractivity contribution >= 4 is 71.7 Å². The van der Waals surface area contributed by atoms with E-state index in [1.165, 1.54) is 32.6 Å². The van der Waals surface area contributed by atoms with Gasteiger partial charge in [0.1, 0.15) is 5.58 Å². The van der Waals surface area contributed by atoms with Gasteiger partial charge in [-0.3, -0.25) is 4.90 Å². The van der Waals surface area contributed by atoms with Gasteiger partial charge >= 0.3 is 0 Å². The first kappa shape index (κ1) is 23.8. The smallest absolute Gasteiger partial charge is 0.181 e. The fraction of sp³-hybridized carbons (Fsp3) is 0. The zero-order valence-corrected chi connectivity index (χ0v) is 23.2. The molecule has 0 saturated heterocycles. The van der Waals surface area contributed by atoms with Crippen molar-refractivity contribution in [1.82, 2.24) is 9.55 Å². The molecular formula is C39H25N3O. The summed E-state index contributed by atoms with van der Waals surface area (Å²) in [4.78, 5) is 7.10. The molecule has 0 atom stereocenters. The zero-order valence-electron chi connectivity index (χ0n) is 23.2. The second kappa shape index (κ2) is 9.33. The molecule has 0 aliphatic rings. The van der Waals surface area contributed by atoms with Gasteiger partial charge in [0.05, 0.1) is 11.0 Å². The first-order chi connectivity index (χ1) is 21.3. The summed E-state index contributed by atoms with van der Waals surface area (Å²) < 4.78 is 8.83. The summed E-state index contributed by atoms with van der Waals surface area (Å²) >= 11 is 0. The number of rotatable bonds is 4. The summed E-state index contributed by atoms with van der Waals surface area (Å²) in [6, 6.07) is 51.1. The van der Waals surface area contributed by atoms with Gasteiger partial charge in [-0.2, -0.15) is 0 Å². The Balaban J connectivity index is 1.31. The van der Waals surface area contributed by atoms with Crippen molar-refractivity contribution in [1.29, 1.82) is 0 Å². The van der Waals surface area contributed by atoms with Gasteiger partial charge in [0.25, 0.3) is 0 Å². The van der Waals surface area contributed by atoms with E-state index >= 15 is 0 Å². The van der Waals surface area contributed by atoms with Gasteiger partial charge in [-0.15, -0.1) is 0 Å². The average molecular weight is 552 g/mol. The number of pyridine rings is 1. The Morgan fingerprint density at radius 2 is 1.28 bits per heavy atom. The van der Waals surface area contributed by atoms with Crippen LogP contribution in [0.15, 0.2) is 156 Å². The summed E-state index contributed by atoms with van der Waals surface area (Å²) in [6.07, 6.45) is 1.87. The van der Waals surface area contributed by atoms with Crippen molar-refractivity contribution in [3.63, 3.8) is 0 Å². The molecule has 0 N–H and O–H groups in total. The van der Waals surface area contributed by atoms with Gasteiger partial charge in [0.15, 0.2) is 11.4 Å². The number of furan rings is 1. The fourth-order valence-electron chi connectivity index (χ4n) is 6.56. The molecule has 202 valence electrons. The average Bonchev–Trinajstić information content (AvgIpc) is 3.62. The number of hydrogen-bond donors (Lipinski definition) is 0. The van der Waals surface area contributed by atoms with E-state index in [0.29, 0.717) is 0 Å². The van der Waals surface area contributed by atoms with E-state index in [4.69, 9.17) is 9.40 Å². The molecule has 0 aliphatic heterocycles.